The fourth-order valence-corrected chi connectivity index (χ4v) is 5.51. The Hall–Kier alpha value is -4.08. The maximum Gasteiger partial charge on any atom is 0.411 e. The van der Waals surface area contributed by atoms with Crippen LogP contribution in [0.5, 0.6) is 0 Å². The maximum atomic E-state index is 13.0. The highest BCUT2D eigenvalue weighted by Crippen LogP contribution is 2.45. The van der Waals surface area contributed by atoms with E-state index in [0.29, 0.717) is 35.5 Å². The van der Waals surface area contributed by atoms with Crippen LogP contribution in [0.3, 0.4) is 0 Å². The first-order valence-electron chi connectivity index (χ1n) is 13.6. The number of carbonyl (C=O) groups is 4. The number of carbonyl (C=O) groups excluding carboxylic acids is 4. The number of hydrogen-bond donors (Lipinski definition) is 4. The summed E-state index contributed by atoms with van der Waals surface area (Å²) in [6, 6.07) is 13.2. The molecule has 1 saturated carbocycles. The predicted molar refractivity (Wildman–Crippen MR) is 153 cm³/mol. The second-order valence-electron chi connectivity index (χ2n) is 11.3. The first kappa shape index (κ1) is 30.5. The van der Waals surface area contributed by atoms with Gasteiger partial charge >= 0.3 is 12.2 Å². The van der Waals surface area contributed by atoms with Crippen molar-refractivity contribution in [1.82, 2.24) is 10.6 Å². The van der Waals surface area contributed by atoms with Gasteiger partial charge in [-0.1, -0.05) is 20.8 Å². The van der Waals surface area contributed by atoms with E-state index in [1.165, 1.54) is 0 Å². The third-order valence-corrected chi connectivity index (χ3v) is 6.79. The van der Waals surface area contributed by atoms with E-state index < -0.39 is 12.2 Å². The summed E-state index contributed by atoms with van der Waals surface area (Å²) in [6.45, 7) is 10.9. The molecule has 0 radical (unpaired) electrons. The third-order valence-electron chi connectivity index (χ3n) is 6.79. The van der Waals surface area contributed by atoms with Crippen molar-refractivity contribution >= 4 is 35.4 Å². The van der Waals surface area contributed by atoms with Crippen molar-refractivity contribution in [2.45, 2.75) is 59.9 Å². The lowest BCUT2D eigenvalue weighted by Gasteiger charge is -2.47. The summed E-state index contributed by atoms with van der Waals surface area (Å²) < 4.78 is 9.74. The average molecular weight is 553 g/mol. The first-order valence-corrected chi connectivity index (χ1v) is 13.6. The molecule has 2 atom stereocenters. The Morgan fingerprint density at radius 1 is 0.750 bits per heavy atom. The summed E-state index contributed by atoms with van der Waals surface area (Å²) in [6.07, 6.45) is 1.34. The molecule has 0 heterocycles. The molecule has 1 aliphatic carbocycles. The summed E-state index contributed by atoms with van der Waals surface area (Å²) in [7, 11) is 0. The van der Waals surface area contributed by atoms with Crippen LogP contribution in [0.25, 0.3) is 0 Å². The largest absolute Gasteiger partial charge is 0.450 e. The van der Waals surface area contributed by atoms with Crippen LogP contribution >= 0.6 is 0 Å². The summed E-state index contributed by atoms with van der Waals surface area (Å²) in [5, 5.41) is 11.4. The van der Waals surface area contributed by atoms with Crippen LogP contribution in [0.4, 0.5) is 21.0 Å². The Labute approximate surface area is 235 Å². The minimum atomic E-state index is -0.544. The van der Waals surface area contributed by atoms with Crippen LogP contribution in [-0.2, 0) is 9.47 Å². The van der Waals surface area contributed by atoms with Gasteiger partial charge in [0.15, 0.2) is 0 Å². The Balaban J connectivity index is 1.57. The van der Waals surface area contributed by atoms with E-state index in [9.17, 15) is 19.2 Å². The van der Waals surface area contributed by atoms with Crippen LogP contribution in [0.1, 0.15) is 74.6 Å². The molecule has 216 valence electrons. The highest BCUT2D eigenvalue weighted by atomic mass is 16.6. The number of anilines is 2. The van der Waals surface area contributed by atoms with Crippen molar-refractivity contribution < 1.29 is 28.7 Å². The maximum absolute atomic E-state index is 13.0. The highest BCUT2D eigenvalue weighted by molar-refractivity contribution is 5.96. The van der Waals surface area contributed by atoms with Gasteiger partial charge in [0.05, 0.1) is 13.2 Å². The molecular weight excluding hydrogens is 512 g/mol. The molecule has 3 rings (SSSR count). The van der Waals surface area contributed by atoms with Gasteiger partial charge < -0.3 is 20.1 Å². The number of rotatable bonds is 9. The Kier molecular flexibility index (Phi) is 10.1. The SMILES string of the molecule is CCOC(=O)Nc1ccc(C(=O)NCC2(C)CC(NC(=O)c3ccc(NC(=O)OCC)cc3)CC(C)(C)C2)cc1. The van der Waals surface area contributed by atoms with Crippen LogP contribution in [0, 0.1) is 10.8 Å². The van der Waals surface area contributed by atoms with Gasteiger partial charge in [-0.3, -0.25) is 20.2 Å². The van der Waals surface area contributed by atoms with E-state index in [4.69, 9.17) is 9.47 Å². The van der Waals surface area contributed by atoms with Crippen molar-refractivity contribution in [3.8, 4) is 0 Å². The Bertz CT molecular complexity index is 1200. The standard InChI is InChI=1S/C30H40N4O6/c1-6-39-27(37)33-22-12-8-20(9-13-22)25(35)31-19-30(5)17-24(16-29(3,4)18-30)32-26(36)21-10-14-23(15-11-21)34-28(38)40-7-2/h8-15,24H,6-7,16-19H2,1-5H3,(H,31,35)(H,32,36)(H,33,37)(H,34,38). The molecular formula is C30H40N4O6. The lowest BCUT2D eigenvalue weighted by Crippen LogP contribution is -2.50. The number of ether oxygens (including phenoxy) is 2. The van der Waals surface area contributed by atoms with Crippen molar-refractivity contribution in [1.29, 1.82) is 0 Å². The van der Waals surface area contributed by atoms with Gasteiger partial charge in [-0.05, 0) is 92.5 Å². The smallest absolute Gasteiger partial charge is 0.411 e. The minimum Gasteiger partial charge on any atom is -0.450 e. The van der Waals surface area contributed by atoms with E-state index in [-0.39, 0.29) is 41.9 Å². The molecule has 2 unspecified atom stereocenters. The monoisotopic (exact) mass is 552 g/mol. The van der Waals surface area contributed by atoms with Gasteiger partial charge in [0.2, 0.25) is 0 Å². The summed E-state index contributed by atoms with van der Waals surface area (Å²) in [4.78, 5) is 49.1. The fourth-order valence-electron chi connectivity index (χ4n) is 5.51. The Morgan fingerprint density at radius 3 is 1.70 bits per heavy atom. The van der Waals surface area contributed by atoms with E-state index in [2.05, 4.69) is 42.0 Å². The molecule has 4 N–H and O–H groups in total. The van der Waals surface area contributed by atoms with Crippen LogP contribution in [0.15, 0.2) is 48.5 Å². The molecule has 10 heteroatoms. The molecule has 0 aromatic heterocycles. The first-order chi connectivity index (χ1) is 18.9. The molecule has 4 amide bonds. The van der Waals surface area contributed by atoms with E-state index >= 15 is 0 Å². The zero-order valence-corrected chi connectivity index (χ0v) is 23.9. The molecule has 0 aliphatic heterocycles. The summed E-state index contributed by atoms with van der Waals surface area (Å²) in [5.41, 5.74) is 1.80. The molecule has 1 aliphatic rings. The number of amides is 4. The fraction of sp³-hybridized carbons (Fsp3) is 0.467. The third kappa shape index (κ3) is 9.00. The normalized spacial score (nSPS) is 19.6. The van der Waals surface area contributed by atoms with Gasteiger partial charge in [-0.25, -0.2) is 9.59 Å². The van der Waals surface area contributed by atoms with Gasteiger partial charge in [0.1, 0.15) is 0 Å². The van der Waals surface area contributed by atoms with Crippen molar-refractivity contribution in [2.75, 3.05) is 30.4 Å². The van der Waals surface area contributed by atoms with Gasteiger partial charge in [0, 0.05) is 35.1 Å². The van der Waals surface area contributed by atoms with E-state index in [0.717, 1.165) is 12.8 Å². The van der Waals surface area contributed by atoms with Gasteiger partial charge in [-0.15, -0.1) is 0 Å². The molecule has 0 saturated heterocycles. The van der Waals surface area contributed by atoms with Crippen molar-refractivity contribution in [3.05, 3.63) is 59.7 Å². The van der Waals surface area contributed by atoms with Crippen molar-refractivity contribution in [2.24, 2.45) is 10.8 Å². The lowest BCUT2D eigenvalue weighted by molar-refractivity contribution is 0.0592. The zero-order chi connectivity index (χ0) is 29.3. The summed E-state index contributed by atoms with van der Waals surface area (Å²) in [5.74, 6) is -0.391. The molecule has 2 aromatic rings. The number of hydrogen-bond acceptors (Lipinski definition) is 6. The Morgan fingerprint density at radius 2 is 1.23 bits per heavy atom. The van der Waals surface area contributed by atoms with Crippen LogP contribution < -0.4 is 21.3 Å². The van der Waals surface area contributed by atoms with E-state index in [1.54, 1.807) is 62.4 Å². The lowest BCUT2D eigenvalue weighted by atomic mass is 9.62. The molecule has 1 fully saturated rings. The number of benzene rings is 2. The molecule has 10 nitrogen and oxygen atoms in total. The average Bonchev–Trinajstić information content (AvgIpc) is 2.87. The molecule has 2 aromatic carbocycles. The van der Waals surface area contributed by atoms with E-state index in [1.807, 2.05) is 0 Å². The predicted octanol–water partition coefficient (Wildman–Crippen LogP) is 5.57. The molecule has 0 spiro atoms. The van der Waals surface area contributed by atoms with Crippen LogP contribution in [0.2, 0.25) is 0 Å². The number of nitrogens with one attached hydrogen (secondary N) is 4. The van der Waals surface area contributed by atoms with Gasteiger partial charge in [-0.2, -0.15) is 0 Å². The quantitative estimate of drug-likeness (QED) is 0.321. The van der Waals surface area contributed by atoms with Gasteiger partial charge in [0.25, 0.3) is 11.8 Å². The molecule has 40 heavy (non-hydrogen) atoms. The molecule has 0 bridgehead atoms. The zero-order valence-electron chi connectivity index (χ0n) is 23.9. The topological polar surface area (TPSA) is 135 Å². The van der Waals surface area contributed by atoms with Crippen LogP contribution in [-0.4, -0.2) is 49.8 Å². The minimum absolute atomic E-state index is 0.0382. The second kappa shape index (κ2) is 13.3. The highest BCUT2D eigenvalue weighted by Gasteiger charge is 2.42. The second-order valence-corrected chi connectivity index (χ2v) is 11.3. The summed E-state index contributed by atoms with van der Waals surface area (Å²) >= 11 is 0. The van der Waals surface area contributed by atoms with Crippen molar-refractivity contribution in [3.63, 3.8) is 0 Å².